The maximum atomic E-state index is 12.4. The molecule has 2 aromatic carbocycles. The second kappa shape index (κ2) is 8.33. The van der Waals surface area contributed by atoms with Gasteiger partial charge in [-0.1, -0.05) is 12.1 Å². The van der Waals surface area contributed by atoms with Crippen LogP contribution in [0.2, 0.25) is 0 Å². The molecule has 0 aliphatic heterocycles. The minimum absolute atomic E-state index is 0.240. The van der Waals surface area contributed by atoms with Gasteiger partial charge in [-0.3, -0.25) is 4.90 Å². The van der Waals surface area contributed by atoms with E-state index in [0.29, 0.717) is 24.2 Å². The quantitative estimate of drug-likeness (QED) is 0.597. The summed E-state index contributed by atoms with van der Waals surface area (Å²) in [6, 6.07) is 14.8. The van der Waals surface area contributed by atoms with E-state index in [9.17, 15) is 8.42 Å². The molecular formula is C21H25N5O2S. The number of imidazole rings is 1. The first-order valence-corrected chi connectivity index (χ1v) is 10.8. The topological polar surface area (TPSA) is 82.2 Å². The molecule has 0 unspecified atom stereocenters. The van der Waals surface area contributed by atoms with Crippen LogP contribution < -0.4 is 0 Å². The number of fused-ring (bicyclic) bond motifs is 1. The first-order valence-electron chi connectivity index (χ1n) is 9.35. The predicted molar refractivity (Wildman–Crippen MR) is 113 cm³/mol. The van der Waals surface area contributed by atoms with Gasteiger partial charge in [0.15, 0.2) is 0 Å². The Bertz CT molecular complexity index is 1180. The van der Waals surface area contributed by atoms with Crippen LogP contribution >= 0.6 is 0 Å². The third-order valence-corrected chi connectivity index (χ3v) is 6.62. The van der Waals surface area contributed by atoms with Crippen LogP contribution in [-0.2, 0) is 29.7 Å². The second-order valence-electron chi connectivity index (χ2n) is 7.19. The molecule has 0 atom stereocenters. The van der Waals surface area contributed by atoms with Crippen LogP contribution in [0.4, 0.5) is 0 Å². The van der Waals surface area contributed by atoms with Gasteiger partial charge in [-0.25, -0.2) is 17.7 Å². The highest BCUT2D eigenvalue weighted by atomic mass is 32.2. The standard InChI is InChI=1S/C21H25N5O2S/c1-5-26-20-10-9-18(29(27,28)24(2)3)12-19(20)23-21(26)15-25(4)14-17-8-6-7-16(11-17)13-22/h6-12H,5,14-15H2,1-4H3. The summed E-state index contributed by atoms with van der Waals surface area (Å²) < 4.78 is 28.2. The molecule has 3 rings (SSSR count). The fourth-order valence-corrected chi connectivity index (χ4v) is 4.27. The summed E-state index contributed by atoms with van der Waals surface area (Å²) in [5.74, 6) is 0.876. The molecule has 8 heteroatoms. The number of hydrogen-bond acceptors (Lipinski definition) is 5. The van der Waals surface area contributed by atoms with Crippen molar-refractivity contribution < 1.29 is 8.42 Å². The molecule has 0 aliphatic rings. The van der Waals surface area contributed by atoms with Crippen LogP contribution in [0, 0.1) is 11.3 Å². The summed E-state index contributed by atoms with van der Waals surface area (Å²) in [4.78, 5) is 7.08. The summed E-state index contributed by atoms with van der Waals surface area (Å²) in [6.45, 7) is 4.08. The van der Waals surface area contributed by atoms with E-state index in [-0.39, 0.29) is 4.90 Å². The van der Waals surface area contributed by atoms with Crippen LogP contribution in [0.15, 0.2) is 47.4 Å². The van der Waals surface area contributed by atoms with Gasteiger partial charge in [-0.2, -0.15) is 5.26 Å². The molecule has 0 spiro atoms. The SMILES string of the molecule is CCn1c(CN(C)Cc2cccc(C#N)c2)nc2cc(S(=O)(=O)N(C)C)ccc21. The monoisotopic (exact) mass is 411 g/mol. The van der Waals surface area contributed by atoms with Gasteiger partial charge in [0.05, 0.1) is 34.1 Å². The Labute approximate surface area is 171 Å². The zero-order valence-electron chi connectivity index (χ0n) is 17.1. The Morgan fingerprint density at radius 1 is 1.10 bits per heavy atom. The van der Waals surface area contributed by atoms with Gasteiger partial charge >= 0.3 is 0 Å². The Morgan fingerprint density at radius 3 is 2.52 bits per heavy atom. The van der Waals surface area contributed by atoms with Gasteiger partial charge in [0.1, 0.15) is 5.82 Å². The van der Waals surface area contributed by atoms with E-state index in [1.54, 1.807) is 18.2 Å². The Kier molecular flexibility index (Phi) is 6.03. The molecule has 3 aromatic rings. The highest BCUT2D eigenvalue weighted by Crippen LogP contribution is 2.23. The number of aromatic nitrogens is 2. The molecule has 0 saturated heterocycles. The number of nitriles is 1. The molecule has 7 nitrogen and oxygen atoms in total. The average Bonchev–Trinajstić information content (AvgIpc) is 3.03. The van der Waals surface area contributed by atoms with Crippen molar-refractivity contribution in [3.05, 3.63) is 59.4 Å². The van der Waals surface area contributed by atoms with Crippen LogP contribution in [0.3, 0.4) is 0 Å². The molecule has 0 N–H and O–H groups in total. The lowest BCUT2D eigenvalue weighted by molar-refractivity contribution is 0.306. The lowest BCUT2D eigenvalue weighted by Gasteiger charge is -2.17. The van der Waals surface area contributed by atoms with Crippen molar-refractivity contribution in [3.8, 4) is 6.07 Å². The summed E-state index contributed by atoms with van der Waals surface area (Å²) in [7, 11) is 1.54. The number of benzene rings is 2. The average molecular weight is 412 g/mol. The van der Waals surface area contributed by atoms with Gasteiger partial charge in [0.25, 0.3) is 0 Å². The zero-order valence-corrected chi connectivity index (χ0v) is 17.9. The van der Waals surface area contributed by atoms with Crippen LogP contribution in [0.5, 0.6) is 0 Å². The number of aryl methyl sites for hydroxylation is 1. The van der Waals surface area contributed by atoms with Crippen LogP contribution in [-0.4, -0.2) is 48.3 Å². The van der Waals surface area contributed by atoms with Crippen molar-refractivity contribution in [1.29, 1.82) is 5.26 Å². The lowest BCUT2D eigenvalue weighted by Crippen LogP contribution is -2.22. The van der Waals surface area contributed by atoms with E-state index in [2.05, 4.69) is 15.5 Å². The van der Waals surface area contributed by atoms with Gasteiger partial charge in [0, 0.05) is 27.2 Å². The molecule has 0 radical (unpaired) electrons. The fourth-order valence-electron chi connectivity index (χ4n) is 3.35. The van der Waals surface area contributed by atoms with E-state index >= 15 is 0 Å². The minimum atomic E-state index is -3.50. The largest absolute Gasteiger partial charge is 0.327 e. The molecule has 152 valence electrons. The van der Waals surface area contributed by atoms with Crippen molar-refractivity contribution in [3.63, 3.8) is 0 Å². The molecule has 0 aliphatic carbocycles. The molecule has 1 aromatic heterocycles. The lowest BCUT2D eigenvalue weighted by atomic mass is 10.1. The van der Waals surface area contributed by atoms with Crippen LogP contribution in [0.1, 0.15) is 23.9 Å². The predicted octanol–water partition coefficient (Wildman–Crippen LogP) is 2.81. The summed E-state index contributed by atoms with van der Waals surface area (Å²) in [5.41, 5.74) is 3.29. The highest BCUT2D eigenvalue weighted by molar-refractivity contribution is 7.89. The smallest absolute Gasteiger partial charge is 0.242 e. The maximum absolute atomic E-state index is 12.4. The van der Waals surface area contributed by atoms with Crippen molar-refractivity contribution in [2.75, 3.05) is 21.1 Å². The normalized spacial score (nSPS) is 12.0. The van der Waals surface area contributed by atoms with Crippen molar-refractivity contribution >= 4 is 21.1 Å². The number of hydrogen-bond donors (Lipinski definition) is 0. The number of sulfonamides is 1. The highest BCUT2D eigenvalue weighted by Gasteiger charge is 2.20. The number of nitrogens with zero attached hydrogens (tertiary/aromatic N) is 5. The first kappa shape index (κ1) is 21.0. The molecule has 0 fully saturated rings. The summed E-state index contributed by atoms with van der Waals surface area (Å²) >= 11 is 0. The summed E-state index contributed by atoms with van der Waals surface area (Å²) in [5, 5.41) is 9.07. The van der Waals surface area contributed by atoms with E-state index < -0.39 is 10.0 Å². The maximum Gasteiger partial charge on any atom is 0.242 e. The van der Waals surface area contributed by atoms with Crippen molar-refractivity contribution in [1.82, 2.24) is 18.8 Å². The Balaban J connectivity index is 1.89. The van der Waals surface area contributed by atoms with Crippen molar-refractivity contribution in [2.24, 2.45) is 0 Å². The molecular weight excluding hydrogens is 386 g/mol. The number of rotatable bonds is 7. The second-order valence-corrected chi connectivity index (χ2v) is 9.35. The minimum Gasteiger partial charge on any atom is -0.327 e. The fraction of sp³-hybridized carbons (Fsp3) is 0.333. The van der Waals surface area contributed by atoms with Gasteiger partial charge < -0.3 is 4.57 Å². The van der Waals surface area contributed by atoms with Gasteiger partial charge in [-0.05, 0) is 49.9 Å². The van der Waals surface area contributed by atoms with E-state index in [4.69, 9.17) is 10.2 Å². The first-order chi connectivity index (χ1) is 13.8. The molecule has 0 amide bonds. The third-order valence-electron chi connectivity index (χ3n) is 4.81. The zero-order chi connectivity index (χ0) is 21.2. The molecule has 0 saturated carbocycles. The Morgan fingerprint density at radius 2 is 1.86 bits per heavy atom. The van der Waals surface area contributed by atoms with Gasteiger partial charge in [0.2, 0.25) is 10.0 Å². The summed E-state index contributed by atoms with van der Waals surface area (Å²) in [6.07, 6.45) is 0. The third kappa shape index (κ3) is 4.32. The van der Waals surface area contributed by atoms with E-state index in [1.165, 1.54) is 18.4 Å². The molecule has 1 heterocycles. The van der Waals surface area contributed by atoms with E-state index in [1.807, 2.05) is 38.2 Å². The van der Waals surface area contributed by atoms with Crippen molar-refractivity contribution in [2.45, 2.75) is 31.5 Å². The van der Waals surface area contributed by atoms with Gasteiger partial charge in [-0.15, -0.1) is 0 Å². The molecule has 0 bridgehead atoms. The Hall–Kier alpha value is -2.73. The van der Waals surface area contributed by atoms with Crippen LogP contribution in [0.25, 0.3) is 11.0 Å². The van der Waals surface area contributed by atoms with E-state index in [0.717, 1.165) is 23.4 Å². The molecule has 29 heavy (non-hydrogen) atoms.